The van der Waals surface area contributed by atoms with Crippen molar-refractivity contribution in [2.45, 2.75) is 19.5 Å². The van der Waals surface area contributed by atoms with Gasteiger partial charge in [0, 0.05) is 31.6 Å². The van der Waals surface area contributed by atoms with Gasteiger partial charge in [0.25, 0.3) is 5.56 Å². The first-order valence-corrected chi connectivity index (χ1v) is 8.86. The van der Waals surface area contributed by atoms with Gasteiger partial charge in [0.1, 0.15) is 4.83 Å². The van der Waals surface area contributed by atoms with Gasteiger partial charge < -0.3 is 4.98 Å². The fourth-order valence-electron chi connectivity index (χ4n) is 3.19. The summed E-state index contributed by atoms with van der Waals surface area (Å²) in [6, 6.07) is 10.5. The van der Waals surface area contributed by atoms with Crippen molar-refractivity contribution in [2.24, 2.45) is 7.05 Å². The highest BCUT2D eigenvalue weighted by Gasteiger charge is 2.23. The molecule has 23 heavy (non-hydrogen) atoms. The fourth-order valence-corrected chi connectivity index (χ4v) is 4.72. The van der Waals surface area contributed by atoms with Crippen LogP contribution in [0.25, 0.3) is 10.2 Å². The van der Waals surface area contributed by atoms with Gasteiger partial charge in [0.05, 0.1) is 5.39 Å². The summed E-state index contributed by atoms with van der Waals surface area (Å²) < 4.78 is 2.02. The maximum absolute atomic E-state index is 12.5. The van der Waals surface area contributed by atoms with Crippen LogP contribution in [0.15, 0.2) is 35.1 Å². The molecule has 1 aliphatic heterocycles. The Bertz CT molecular complexity index is 985. The van der Waals surface area contributed by atoms with Crippen LogP contribution in [-0.4, -0.2) is 21.0 Å². The number of rotatable bonds is 2. The van der Waals surface area contributed by atoms with E-state index in [-0.39, 0.29) is 5.56 Å². The van der Waals surface area contributed by atoms with E-state index >= 15 is 0 Å². The Hall–Kier alpha value is -1.76. The van der Waals surface area contributed by atoms with Crippen LogP contribution in [-0.2, 0) is 26.6 Å². The molecule has 0 atom stereocenters. The minimum absolute atomic E-state index is 0.0257. The molecule has 118 valence electrons. The Morgan fingerprint density at radius 1 is 1.30 bits per heavy atom. The quantitative estimate of drug-likeness (QED) is 0.727. The lowest BCUT2D eigenvalue weighted by Crippen LogP contribution is -2.29. The first-order chi connectivity index (χ1) is 11.1. The van der Waals surface area contributed by atoms with Crippen LogP contribution in [0, 0.1) is 4.77 Å². The lowest BCUT2D eigenvalue weighted by molar-refractivity contribution is 0.249. The molecule has 1 aromatic carbocycles. The molecule has 1 aliphatic rings. The second kappa shape index (κ2) is 5.70. The summed E-state index contributed by atoms with van der Waals surface area (Å²) in [5.74, 6) is 0. The number of aromatic nitrogens is 2. The zero-order valence-electron chi connectivity index (χ0n) is 12.8. The van der Waals surface area contributed by atoms with Crippen LogP contribution in [0.5, 0.6) is 0 Å². The Morgan fingerprint density at radius 3 is 2.87 bits per heavy atom. The van der Waals surface area contributed by atoms with Crippen molar-refractivity contribution in [3.63, 3.8) is 0 Å². The first-order valence-electron chi connectivity index (χ1n) is 7.63. The van der Waals surface area contributed by atoms with E-state index in [0.717, 1.165) is 36.3 Å². The van der Waals surface area contributed by atoms with E-state index in [1.165, 1.54) is 20.6 Å². The van der Waals surface area contributed by atoms with Gasteiger partial charge in [-0.3, -0.25) is 14.3 Å². The van der Waals surface area contributed by atoms with Gasteiger partial charge in [-0.2, -0.15) is 0 Å². The number of hydrogen-bond acceptors (Lipinski definition) is 4. The number of thiophene rings is 1. The molecule has 3 aromatic rings. The molecule has 2 aromatic heterocycles. The minimum atomic E-state index is 0.0257. The van der Waals surface area contributed by atoms with Gasteiger partial charge in [-0.05, 0) is 29.8 Å². The van der Waals surface area contributed by atoms with Crippen LogP contribution in [0.3, 0.4) is 0 Å². The zero-order chi connectivity index (χ0) is 16.0. The normalized spacial score (nSPS) is 15.0. The second-order valence-corrected chi connectivity index (χ2v) is 7.44. The van der Waals surface area contributed by atoms with Crippen LogP contribution < -0.4 is 5.56 Å². The molecule has 0 radical (unpaired) electrons. The van der Waals surface area contributed by atoms with Crippen LogP contribution in [0.1, 0.15) is 16.0 Å². The number of nitrogens with one attached hydrogen (secondary N) is 1. The van der Waals surface area contributed by atoms with Gasteiger partial charge >= 0.3 is 0 Å². The van der Waals surface area contributed by atoms with E-state index in [0.29, 0.717) is 4.77 Å². The van der Waals surface area contributed by atoms with Crippen molar-refractivity contribution in [3.05, 3.63) is 61.5 Å². The lowest BCUT2D eigenvalue weighted by atomic mass is 10.0. The molecule has 0 fully saturated rings. The second-order valence-electron chi connectivity index (χ2n) is 5.95. The van der Waals surface area contributed by atoms with Crippen LogP contribution in [0.2, 0.25) is 0 Å². The molecule has 1 N–H and O–H groups in total. The summed E-state index contributed by atoms with van der Waals surface area (Å²) in [5, 5.41) is 0.834. The SMILES string of the molecule is Cn1c(=S)[nH]c2sc3c(c2c1=O)CCN(Cc1ccccc1)C3. The average Bonchev–Trinajstić information content (AvgIpc) is 2.91. The molecular weight excluding hydrogens is 326 g/mol. The number of aromatic amines is 1. The van der Waals surface area contributed by atoms with Crippen molar-refractivity contribution in [2.75, 3.05) is 6.54 Å². The fraction of sp³-hybridized carbons (Fsp3) is 0.294. The third-order valence-corrected chi connectivity index (χ3v) is 5.94. The Balaban J connectivity index is 1.71. The van der Waals surface area contributed by atoms with E-state index in [1.807, 2.05) is 6.07 Å². The number of benzene rings is 1. The first kappa shape index (κ1) is 14.8. The molecule has 4 rings (SSSR count). The van der Waals surface area contributed by atoms with Crippen molar-refractivity contribution in [3.8, 4) is 0 Å². The maximum atomic E-state index is 12.5. The maximum Gasteiger partial charge on any atom is 0.263 e. The average molecular weight is 343 g/mol. The summed E-state index contributed by atoms with van der Waals surface area (Å²) in [7, 11) is 1.73. The van der Waals surface area contributed by atoms with Gasteiger partial charge in [0.2, 0.25) is 0 Å². The number of nitrogens with zero attached hydrogens (tertiary/aromatic N) is 2. The molecule has 3 heterocycles. The smallest absolute Gasteiger partial charge is 0.263 e. The van der Waals surface area contributed by atoms with Gasteiger partial charge in [0.15, 0.2) is 4.77 Å². The molecule has 0 saturated carbocycles. The number of H-pyrrole nitrogens is 1. The van der Waals surface area contributed by atoms with Gasteiger partial charge in [-0.25, -0.2) is 0 Å². The molecule has 0 bridgehead atoms. The van der Waals surface area contributed by atoms with Gasteiger partial charge in [-0.1, -0.05) is 30.3 Å². The summed E-state index contributed by atoms with van der Waals surface area (Å²) in [4.78, 5) is 20.4. The predicted octanol–water partition coefficient (Wildman–Crippen LogP) is 3.22. The standard InChI is InChI=1S/C17H17N3OS2/c1-19-16(21)14-12-7-8-20(9-11-5-3-2-4-6-11)10-13(12)23-15(14)18-17(19)22/h2-6H,7-10H2,1H3,(H,18,22). The number of hydrogen-bond donors (Lipinski definition) is 1. The minimum Gasteiger partial charge on any atom is -0.323 e. The molecule has 0 aliphatic carbocycles. The van der Waals surface area contributed by atoms with Crippen molar-refractivity contribution in [1.29, 1.82) is 0 Å². The van der Waals surface area contributed by atoms with Crippen molar-refractivity contribution >= 4 is 33.8 Å². The Kier molecular flexibility index (Phi) is 3.67. The molecule has 6 heteroatoms. The van der Waals surface area contributed by atoms with E-state index in [1.54, 1.807) is 18.4 Å². The van der Waals surface area contributed by atoms with Crippen LogP contribution in [0.4, 0.5) is 0 Å². The highest BCUT2D eigenvalue weighted by atomic mass is 32.1. The Labute approximate surface area is 143 Å². The summed E-state index contributed by atoms with van der Waals surface area (Å²) in [6.45, 7) is 2.82. The topological polar surface area (TPSA) is 41.0 Å². The molecule has 4 nitrogen and oxygen atoms in total. The summed E-state index contributed by atoms with van der Waals surface area (Å²) in [6.07, 6.45) is 0.919. The molecule has 0 saturated heterocycles. The van der Waals surface area contributed by atoms with Crippen molar-refractivity contribution < 1.29 is 0 Å². The third kappa shape index (κ3) is 2.56. The predicted molar refractivity (Wildman–Crippen MR) is 96.5 cm³/mol. The van der Waals surface area contributed by atoms with E-state index < -0.39 is 0 Å². The lowest BCUT2D eigenvalue weighted by Gasteiger charge is -2.26. The highest BCUT2D eigenvalue weighted by molar-refractivity contribution is 7.71. The van der Waals surface area contributed by atoms with Crippen LogP contribution >= 0.6 is 23.6 Å². The molecule has 0 amide bonds. The monoisotopic (exact) mass is 343 g/mol. The Morgan fingerprint density at radius 2 is 2.09 bits per heavy atom. The molecule has 0 spiro atoms. The zero-order valence-corrected chi connectivity index (χ0v) is 14.5. The summed E-state index contributed by atoms with van der Waals surface area (Å²) >= 11 is 6.90. The van der Waals surface area contributed by atoms with E-state index in [4.69, 9.17) is 12.2 Å². The molecule has 0 unspecified atom stereocenters. The van der Waals surface area contributed by atoms with E-state index in [9.17, 15) is 4.79 Å². The third-order valence-electron chi connectivity index (χ3n) is 4.43. The summed E-state index contributed by atoms with van der Waals surface area (Å²) in [5.41, 5.74) is 2.56. The largest absolute Gasteiger partial charge is 0.323 e. The molecular formula is C17H17N3OS2. The van der Waals surface area contributed by atoms with Gasteiger partial charge in [-0.15, -0.1) is 11.3 Å². The number of fused-ring (bicyclic) bond motifs is 3. The van der Waals surface area contributed by atoms with Crippen molar-refractivity contribution in [1.82, 2.24) is 14.5 Å². The highest BCUT2D eigenvalue weighted by Crippen LogP contribution is 2.32. The van der Waals surface area contributed by atoms with E-state index in [2.05, 4.69) is 34.1 Å².